The molecule has 3 N–H and O–H groups in total. The lowest BCUT2D eigenvalue weighted by molar-refractivity contribution is -0.0980. The van der Waals surface area contributed by atoms with Gasteiger partial charge in [-0.3, -0.25) is 0 Å². The third kappa shape index (κ3) is 6.41. The van der Waals surface area contributed by atoms with Crippen LogP contribution >= 0.6 is 0 Å². The monoisotopic (exact) mass is 533 g/mol. The number of hydrogen-bond acceptors (Lipinski definition) is 4. The first kappa shape index (κ1) is 30.1. The largest absolute Gasteiger partial charge is 0.507 e. The molecule has 0 spiro atoms. The molecule has 0 radical (unpaired) electrons. The topological polar surface area (TPSA) is 72.6 Å². The fourth-order valence-corrected chi connectivity index (χ4v) is 4.78. The highest BCUT2D eigenvalue weighted by atomic mass is 16.5. The fourth-order valence-electron chi connectivity index (χ4n) is 4.78. The fraction of sp³-hybridized carbons (Fsp3) is 0.194. The van der Waals surface area contributed by atoms with Crippen molar-refractivity contribution >= 4 is 17.6 Å². The third-order valence-electron chi connectivity index (χ3n) is 7.01. The number of phenols is 1. The lowest BCUT2D eigenvalue weighted by atomic mass is 9.86. The molecule has 40 heavy (non-hydrogen) atoms. The molecule has 5 rings (SSSR count). The minimum absolute atomic E-state index is 0.00359. The van der Waals surface area contributed by atoms with Crippen molar-refractivity contribution in [3.8, 4) is 39.5 Å². The summed E-state index contributed by atoms with van der Waals surface area (Å²) < 4.78 is 6.29. The molecule has 0 saturated carbocycles. The van der Waals surface area contributed by atoms with E-state index in [4.69, 9.17) is 9.53 Å². The number of nitrogens with two attached hydrogens (primary N) is 1. The minimum Gasteiger partial charge on any atom is -0.507 e. The van der Waals surface area contributed by atoms with Crippen molar-refractivity contribution in [1.29, 1.82) is 0 Å². The Morgan fingerprint density at radius 1 is 0.675 bits per heavy atom. The second-order valence-corrected chi connectivity index (χ2v) is 10.5. The van der Waals surface area contributed by atoms with Crippen LogP contribution in [0, 0.1) is 13.8 Å². The van der Waals surface area contributed by atoms with Crippen molar-refractivity contribution in [3.05, 3.63) is 114 Å². The van der Waals surface area contributed by atoms with Crippen molar-refractivity contribution < 1.29 is 14.6 Å². The van der Waals surface area contributed by atoms with Gasteiger partial charge < -0.3 is 20.4 Å². The van der Waals surface area contributed by atoms with Gasteiger partial charge in [0.1, 0.15) is 24.0 Å². The summed E-state index contributed by atoms with van der Waals surface area (Å²) in [6.07, 6.45) is 0. The highest BCUT2D eigenvalue weighted by Crippen LogP contribution is 2.41. The van der Waals surface area contributed by atoms with E-state index in [1.54, 1.807) is 0 Å². The maximum atomic E-state index is 11.1. The summed E-state index contributed by atoms with van der Waals surface area (Å²) in [7, 11) is 1.50. The molecule has 0 heterocycles. The van der Waals surface area contributed by atoms with E-state index in [1.807, 2.05) is 50.1 Å². The highest BCUT2D eigenvalue weighted by molar-refractivity contribution is 5.90. The van der Waals surface area contributed by atoms with Crippen LogP contribution in [0.3, 0.4) is 0 Å². The van der Waals surface area contributed by atoms with Crippen LogP contribution in [-0.4, -0.2) is 18.9 Å². The van der Waals surface area contributed by atoms with Gasteiger partial charge in [0, 0.05) is 11.1 Å². The number of para-hydroxylation sites is 1. The average molecular weight is 534 g/mol. The molecule has 5 aromatic carbocycles. The van der Waals surface area contributed by atoms with Crippen LogP contribution in [0.1, 0.15) is 37.5 Å². The molecule has 5 aromatic rings. The number of rotatable bonds is 4. The predicted molar refractivity (Wildman–Crippen MR) is 168 cm³/mol. The second kappa shape index (κ2) is 13.1. The number of fused-ring (bicyclic) bond motifs is 1. The van der Waals surface area contributed by atoms with E-state index in [2.05, 4.69) is 94.1 Å². The normalized spacial score (nSPS) is 10.7. The number of benzene rings is 5. The van der Waals surface area contributed by atoms with Crippen molar-refractivity contribution in [3.63, 3.8) is 0 Å². The first-order valence-electron chi connectivity index (χ1n) is 13.3. The maximum Gasteiger partial charge on any atom is 0.131 e. The summed E-state index contributed by atoms with van der Waals surface area (Å²) >= 11 is 0. The lowest BCUT2D eigenvalue weighted by Crippen LogP contribution is -2.12. The molecular weight excluding hydrogens is 494 g/mol. The molecule has 0 fully saturated rings. The summed E-state index contributed by atoms with van der Waals surface area (Å²) in [4.78, 5) is 8.00. The number of ether oxygens (including phenoxy) is 1. The minimum atomic E-state index is -0.00359. The van der Waals surface area contributed by atoms with Crippen LogP contribution in [0.15, 0.2) is 97.1 Å². The first-order valence-corrected chi connectivity index (χ1v) is 13.3. The van der Waals surface area contributed by atoms with E-state index in [-0.39, 0.29) is 5.41 Å². The van der Waals surface area contributed by atoms with E-state index in [9.17, 15) is 5.11 Å². The predicted octanol–water partition coefficient (Wildman–Crippen LogP) is 8.98. The van der Waals surface area contributed by atoms with Crippen LogP contribution in [0.4, 0.5) is 0 Å². The smallest absolute Gasteiger partial charge is 0.131 e. The number of hydrogen-bond donors (Lipinski definition) is 2. The second-order valence-electron chi connectivity index (χ2n) is 10.5. The summed E-state index contributed by atoms with van der Waals surface area (Å²) in [5, 5.41) is 13.4. The van der Waals surface area contributed by atoms with Gasteiger partial charge >= 0.3 is 0 Å². The van der Waals surface area contributed by atoms with E-state index in [1.165, 1.54) is 18.0 Å². The van der Waals surface area contributed by atoms with E-state index in [0.717, 1.165) is 50.3 Å². The van der Waals surface area contributed by atoms with E-state index < -0.39 is 0 Å². The van der Waals surface area contributed by atoms with Crippen molar-refractivity contribution in [1.82, 2.24) is 0 Å². The SMILES string of the molecule is C=O.CN.Cc1c(-c2ccc(Oc3ccccc3C(C)(C)C)cc2)cc(-c2ccc3ccccc3c2)c(O)c1C. The summed E-state index contributed by atoms with van der Waals surface area (Å²) in [6, 6.07) is 33.2. The van der Waals surface area contributed by atoms with E-state index in [0.29, 0.717) is 5.75 Å². The summed E-state index contributed by atoms with van der Waals surface area (Å²) in [6.45, 7) is 12.6. The Labute approximate surface area is 238 Å². The average Bonchev–Trinajstić information content (AvgIpc) is 2.98. The quantitative estimate of drug-likeness (QED) is 0.242. The molecule has 4 nitrogen and oxygen atoms in total. The Balaban J connectivity index is 0.00000106. The maximum absolute atomic E-state index is 11.1. The zero-order valence-electron chi connectivity index (χ0n) is 24.3. The summed E-state index contributed by atoms with van der Waals surface area (Å²) in [5.74, 6) is 2.02. The molecule has 0 aliphatic carbocycles. The molecule has 0 atom stereocenters. The Kier molecular flexibility index (Phi) is 9.87. The van der Waals surface area contributed by atoms with Gasteiger partial charge in [0.25, 0.3) is 0 Å². The third-order valence-corrected chi connectivity index (χ3v) is 7.01. The van der Waals surface area contributed by atoms with Gasteiger partial charge in [0.05, 0.1) is 0 Å². The Morgan fingerprint density at radius 2 is 1.25 bits per heavy atom. The molecule has 4 heteroatoms. The molecule has 0 unspecified atom stereocenters. The van der Waals surface area contributed by atoms with Crippen molar-refractivity contribution in [2.24, 2.45) is 5.73 Å². The van der Waals surface area contributed by atoms with Crippen molar-refractivity contribution in [2.75, 3.05) is 7.05 Å². The molecule has 206 valence electrons. The Bertz CT molecular complexity index is 1580. The highest BCUT2D eigenvalue weighted by Gasteiger charge is 2.19. The lowest BCUT2D eigenvalue weighted by Gasteiger charge is -2.22. The number of aromatic hydroxyl groups is 1. The van der Waals surface area contributed by atoms with Crippen LogP contribution in [0.2, 0.25) is 0 Å². The molecule has 0 aromatic heterocycles. The van der Waals surface area contributed by atoms with Crippen LogP contribution < -0.4 is 10.5 Å². The van der Waals surface area contributed by atoms with Gasteiger partial charge in [-0.25, -0.2) is 0 Å². The van der Waals surface area contributed by atoms with Crippen molar-refractivity contribution in [2.45, 2.75) is 40.0 Å². The van der Waals surface area contributed by atoms with Gasteiger partial charge in [-0.2, -0.15) is 0 Å². The molecule has 0 aliphatic rings. The van der Waals surface area contributed by atoms with E-state index >= 15 is 0 Å². The zero-order valence-corrected chi connectivity index (χ0v) is 24.3. The molecule has 0 saturated heterocycles. The Morgan fingerprint density at radius 3 is 1.90 bits per heavy atom. The number of carbonyl (C=O) groups excluding carboxylic acids is 1. The molecule has 0 amide bonds. The van der Waals surface area contributed by atoms with Crippen LogP contribution in [-0.2, 0) is 10.2 Å². The summed E-state index contributed by atoms with van der Waals surface area (Å²) in [5.41, 5.74) is 11.7. The standard InChI is InChI=1S/C34H32O2.CH5N.CH2O/c1-22-23(2)33(35)30(27-15-14-24-10-6-7-11-26(24)20-27)21-29(22)25-16-18-28(19-17-25)36-32-13-9-8-12-31(32)34(3,4)5;2*1-2/h6-21,35H,1-5H3;2H2,1H3;1H2. The van der Waals surface area contributed by atoms with Gasteiger partial charge in [-0.1, -0.05) is 87.5 Å². The molecule has 0 aliphatic heterocycles. The number of carbonyl (C=O) groups is 1. The zero-order chi connectivity index (χ0) is 29.4. The van der Waals surface area contributed by atoms with Crippen LogP contribution in [0.25, 0.3) is 33.0 Å². The Hall–Kier alpha value is -4.41. The van der Waals surface area contributed by atoms with Gasteiger partial charge in [-0.05, 0) is 95.2 Å². The van der Waals surface area contributed by atoms with Crippen LogP contribution in [0.5, 0.6) is 17.2 Å². The van der Waals surface area contributed by atoms with Gasteiger partial charge in [-0.15, -0.1) is 0 Å². The molecular formula is C36H39NO3. The number of phenolic OH excluding ortho intramolecular Hbond substituents is 1. The molecule has 0 bridgehead atoms. The van der Waals surface area contributed by atoms with Gasteiger partial charge in [0.2, 0.25) is 0 Å². The van der Waals surface area contributed by atoms with Gasteiger partial charge in [0.15, 0.2) is 0 Å². The first-order chi connectivity index (χ1) is 19.2.